The van der Waals surface area contributed by atoms with Crippen molar-refractivity contribution in [2.75, 3.05) is 0 Å². The topological polar surface area (TPSA) is 77.4 Å². The maximum Gasteiger partial charge on any atom is 0.0544 e. The van der Waals surface area contributed by atoms with Gasteiger partial charge in [0.25, 0.3) is 0 Å². The number of hydrogen-bond donors (Lipinski definition) is 1. The fourth-order valence-electron chi connectivity index (χ4n) is 1.28. The van der Waals surface area contributed by atoms with Gasteiger partial charge in [0, 0.05) is 16.5 Å². The summed E-state index contributed by atoms with van der Waals surface area (Å²) < 4.78 is 0. The Morgan fingerprint density at radius 2 is 2.58 bits per heavy atom. The highest BCUT2D eigenvalue weighted by Gasteiger charge is 2.27. The SMILES string of the molecule is [N-]=[N+]=NCc1cn[nH]c1C1CC1. The molecule has 1 N–H and O–H groups in total. The Labute approximate surface area is 69.4 Å². The van der Waals surface area contributed by atoms with Crippen LogP contribution in [0.5, 0.6) is 0 Å². The molecule has 1 aliphatic carbocycles. The van der Waals surface area contributed by atoms with Crippen LogP contribution in [-0.2, 0) is 6.54 Å². The number of azide groups is 1. The second-order valence-corrected chi connectivity index (χ2v) is 2.97. The zero-order valence-corrected chi connectivity index (χ0v) is 6.56. The van der Waals surface area contributed by atoms with Gasteiger partial charge in [-0.1, -0.05) is 5.11 Å². The van der Waals surface area contributed by atoms with E-state index in [0.29, 0.717) is 12.5 Å². The molecule has 1 heterocycles. The Morgan fingerprint density at radius 3 is 3.25 bits per heavy atom. The van der Waals surface area contributed by atoms with Crippen molar-refractivity contribution in [2.45, 2.75) is 25.3 Å². The maximum absolute atomic E-state index is 8.14. The van der Waals surface area contributed by atoms with E-state index in [1.54, 1.807) is 6.20 Å². The molecule has 0 aliphatic heterocycles. The van der Waals surface area contributed by atoms with Crippen molar-refractivity contribution in [2.24, 2.45) is 5.11 Å². The Bertz CT molecular complexity index is 318. The van der Waals surface area contributed by atoms with Crippen molar-refractivity contribution in [1.82, 2.24) is 10.2 Å². The molecule has 2 rings (SSSR count). The molecule has 1 aromatic rings. The molecule has 1 saturated carbocycles. The highest BCUT2D eigenvalue weighted by molar-refractivity contribution is 5.23. The number of aromatic amines is 1. The number of aromatic nitrogens is 2. The molecule has 0 unspecified atom stereocenters. The number of nitrogens with zero attached hydrogens (tertiary/aromatic N) is 4. The van der Waals surface area contributed by atoms with Gasteiger partial charge in [-0.3, -0.25) is 5.10 Å². The summed E-state index contributed by atoms with van der Waals surface area (Å²) in [5, 5.41) is 10.4. The summed E-state index contributed by atoms with van der Waals surface area (Å²) in [6.45, 7) is 0.416. The van der Waals surface area contributed by atoms with Crippen LogP contribution in [0, 0.1) is 0 Å². The molecule has 5 nitrogen and oxygen atoms in total. The second-order valence-electron chi connectivity index (χ2n) is 2.97. The lowest BCUT2D eigenvalue weighted by molar-refractivity contribution is 0.935. The van der Waals surface area contributed by atoms with E-state index in [0.717, 1.165) is 11.3 Å². The third-order valence-electron chi connectivity index (χ3n) is 2.04. The molecule has 0 bridgehead atoms. The highest BCUT2D eigenvalue weighted by atomic mass is 15.1. The minimum Gasteiger partial charge on any atom is -0.282 e. The largest absolute Gasteiger partial charge is 0.282 e. The summed E-state index contributed by atoms with van der Waals surface area (Å²) in [5.41, 5.74) is 10.3. The van der Waals surface area contributed by atoms with Gasteiger partial charge in [-0.2, -0.15) is 5.10 Å². The van der Waals surface area contributed by atoms with Crippen LogP contribution in [0.25, 0.3) is 10.4 Å². The first-order valence-corrected chi connectivity index (χ1v) is 3.95. The third-order valence-corrected chi connectivity index (χ3v) is 2.04. The van der Waals surface area contributed by atoms with E-state index < -0.39 is 0 Å². The molecule has 0 atom stereocenters. The molecule has 0 radical (unpaired) electrons. The van der Waals surface area contributed by atoms with Crippen molar-refractivity contribution in [3.63, 3.8) is 0 Å². The summed E-state index contributed by atoms with van der Waals surface area (Å²) in [4.78, 5) is 2.71. The van der Waals surface area contributed by atoms with Crippen LogP contribution < -0.4 is 0 Å². The third kappa shape index (κ3) is 1.26. The molecule has 0 spiro atoms. The first-order chi connectivity index (χ1) is 5.92. The van der Waals surface area contributed by atoms with Crippen molar-refractivity contribution in [3.8, 4) is 0 Å². The molecular formula is C7H9N5. The standard InChI is InChI=1S/C7H9N5/c8-12-10-4-6-3-9-11-7(6)5-1-2-5/h3,5H,1-2,4H2,(H,9,11). The number of nitrogens with one attached hydrogen (secondary N) is 1. The van der Waals surface area contributed by atoms with E-state index in [-0.39, 0.29) is 0 Å². The molecule has 0 aromatic carbocycles. The molecule has 0 saturated heterocycles. The minimum atomic E-state index is 0.416. The fourth-order valence-corrected chi connectivity index (χ4v) is 1.28. The normalized spacial score (nSPS) is 15.7. The van der Waals surface area contributed by atoms with Gasteiger partial charge in [-0.05, 0) is 23.9 Å². The van der Waals surface area contributed by atoms with Crippen LogP contribution in [0.4, 0.5) is 0 Å². The summed E-state index contributed by atoms with van der Waals surface area (Å²) in [5.74, 6) is 0.636. The molecule has 1 fully saturated rings. The number of rotatable bonds is 3. The molecular weight excluding hydrogens is 154 g/mol. The van der Waals surface area contributed by atoms with E-state index in [4.69, 9.17) is 5.53 Å². The van der Waals surface area contributed by atoms with Gasteiger partial charge < -0.3 is 0 Å². The van der Waals surface area contributed by atoms with Crippen LogP contribution in [0.1, 0.15) is 30.0 Å². The lowest BCUT2D eigenvalue weighted by atomic mass is 10.2. The van der Waals surface area contributed by atoms with E-state index in [1.165, 1.54) is 12.8 Å². The summed E-state index contributed by atoms with van der Waals surface area (Å²) >= 11 is 0. The minimum absolute atomic E-state index is 0.416. The average Bonchev–Trinajstić information content (AvgIpc) is 2.83. The van der Waals surface area contributed by atoms with Crippen molar-refractivity contribution >= 4 is 0 Å². The molecule has 62 valence electrons. The summed E-state index contributed by atoms with van der Waals surface area (Å²) in [6, 6.07) is 0. The predicted octanol–water partition coefficient (Wildman–Crippen LogP) is 2.10. The van der Waals surface area contributed by atoms with Gasteiger partial charge in [0.15, 0.2) is 0 Å². The lowest BCUT2D eigenvalue weighted by Crippen LogP contribution is -1.86. The summed E-state index contributed by atoms with van der Waals surface area (Å²) in [6.07, 6.45) is 4.19. The Morgan fingerprint density at radius 1 is 1.75 bits per heavy atom. The summed E-state index contributed by atoms with van der Waals surface area (Å²) in [7, 11) is 0. The Balaban J connectivity index is 2.17. The van der Waals surface area contributed by atoms with Gasteiger partial charge in [-0.25, -0.2) is 0 Å². The van der Waals surface area contributed by atoms with Crippen LogP contribution in [0.3, 0.4) is 0 Å². The predicted molar refractivity (Wildman–Crippen MR) is 43.4 cm³/mol. The van der Waals surface area contributed by atoms with E-state index in [9.17, 15) is 0 Å². The zero-order chi connectivity index (χ0) is 8.39. The van der Waals surface area contributed by atoms with Crippen LogP contribution in [0.2, 0.25) is 0 Å². The number of H-pyrrole nitrogens is 1. The average molecular weight is 163 g/mol. The maximum atomic E-state index is 8.14. The Hall–Kier alpha value is -1.48. The van der Waals surface area contributed by atoms with Crippen molar-refractivity contribution < 1.29 is 0 Å². The number of hydrogen-bond acceptors (Lipinski definition) is 2. The van der Waals surface area contributed by atoms with E-state index >= 15 is 0 Å². The van der Waals surface area contributed by atoms with Gasteiger partial charge in [-0.15, -0.1) is 0 Å². The smallest absolute Gasteiger partial charge is 0.0544 e. The monoisotopic (exact) mass is 163 g/mol. The van der Waals surface area contributed by atoms with Crippen molar-refractivity contribution in [3.05, 3.63) is 27.9 Å². The van der Waals surface area contributed by atoms with Gasteiger partial charge >= 0.3 is 0 Å². The first-order valence-electron chi connectivity index (χ1n) is 3.95. The molecule has 5 heteroatoms. The van der Waals surface area contributed by atoms with Crippen molar-refractivity contribution in [1.29, 1.82) is 0 Å². The molecule has 1 aliphatic rings. The Kier molecular flexibility index (Phi) is 1.72. The molecule has 0 amide bonds. The zero-order valence-electron chi connectivity index (χ0n) is 6.56. The second kappa shape index (κ2) is 2.87. The van der Waals surface area contributed by atoms with Crippen LogP contribution in [-0.4, -0.2) is 10.2 Å². The van der Waals surface area contributed by atoms with E-state index in [1.807, 2.05) is 0 Å². The lowest BCUT2D eigenvalue weighted by Gasteiger charge is -1.94. The molecule has 12 heavy (non-hydrogen) atoms. The first kappa shape index (κ1) is 7.18. The van der Waals surface area contributed by atoms with Crippen LogP contribution >= 0.6 is 0 Å². The van der Waals surface area contributed by atoms with Gasteiger partial charge in [0.05, 0.1) is 12.7 Å². The van der Waals surface area contributed by atoms with Gasteiger partial charge in [0.1, 0.15) is 0 Å². The quantitative estimate of drug-likeness (QED) is 0.413. The molecule has 1 aromatic heterocycles. The highest BCUT2D eigenvalue weighted by Crippen LogP contribution is 2.40. The van der Waals surface area contributed by atoms with Crippen LogP contribution in [0.15, 0.2) is 11.3 Å². The van der Waals surface area contributed by atoms with E-state index in [2.05, 4.69) is 20.2 Å². The fraction of sp³-hybridized carbons (Fsp3) is 0.571. The van der Waals surface area contributed by atoms with Gasteiger partial charge in [0.2, 0.25) is 0 Å².